The van der Waals surface area contributed by atoms with Crippen LogP contribution in [-0.2, 0) is 9.53 Å². The molecule has 4 rings (SSSR count). The highest BCUT2D eigenvalue weighted by Crippen LogP contribution is 2.30. The second-order valence-electron chi connectivity index (χ2n) is 4.87. The van der Waals surface area contributed by atoms with E-state index in [0.717, 1.165) is 16.6 Å². The molecule has 1 fully saturated rings. The summed E-state index contributed by atoms with van der Waals surface area (Å²) in [5.41, 5.74) is 1.62. The summed E-state index contributed by atoms with van der Waals surface area (Å²) in [4.78, 5) is 20.8. The van der Waals surface area contributed by atoms with Crippen molar-refractivity contribution in [2.45, 2.75) is 23.8 Å². The number of fused-ring (bicyclic) bond motifs is 3. The third kappa shape index (κ3) is 2.04. The van der Waals surface area contributed by atoms with Gasteiger partial charge in [-0.15, -0.1) is 5.10 Å². The Hall–Kier alpha value is -2.15. The number of aromatic nitrogens is 4. The Morgan fingerprint density at radius 2 is 2.19 bits per heavy atom. The van der Waals surface area contributed by atoms with Gasteiger partial charge in [0.05, 0.1) is 12.1 Å². The zero-order valence-corrected chi connectivity index (χ0v) is 12.1. The van der Waals surface area contributed by atoms with Crippen LogP contribution >= 0.6 is 11.8 Å². The summed E-state index contributed by atoms with van der Waals surface area (Å²) < 4.78 is 6.73. The lowest BCUT2D eigenvalue weighted by molar-refractivity contribution is -0.137. The van der Waals surface area contributed by atoms with E-state index in [1.54, 1.807) is 4.52 Å². The second-order valence-corrected chi connectivity index (χ2v) is 6.04. The normalized spacial score (nSPS) is 18.5. The van der Waals surface area contributed by atoms with Gasteiger partial charge in [-0.2, -0.15) is 4.52 Å². The highest BCUT2D eigenvalue weighted by atomic mass is 32.2. The molecule has 1 aliphatic rings. The summed E-state index contributed by atoms with van der Waals surface area (Å²) in [6.45, 7) is 2.32. The minimum atomic E-state index is -0.216. The van der Waals surface area contributed by atoms with Crippen LogP contribution in [0.1, 0.15) is 12.2 Å². The molecule has 106 valence electrons. The first-order chi connectivity index (χ1) is 10.2. The molecule has 1 aliphatic heterocycles. The highest BCUT2D eigenvalue weighted by Gasteiger charge is 2.29. The molecule has 0 spiro atoms. The van der Waals surface area contributed by atoms with Crippen molar-refractivity contribution >= 4 is 34.3 Å². The molecule has 7 heteroatoms. The fourth-order valence-electron chi connectivity index (χ4n) is 2.42. The molecule has 0 aliphatic carbocycles. The Morgan fingerprint density at radius 3 is 3.00 bits per heavy atom. The molecule has 1 aromatic carbocycles. The van der Waals surface area contributed by atoms with Gasteiger partial charge in [-0.3, -0.25) is 4.79 Å². The number of carbonyl (C=O) groups excluding carboxylic acids is 1. The highest BCUT2D eigenvalue weighted by molar-refractivity contribution is 8.00. The largest absolute Gasteiger partial charge is 0.465 e. The van der Waals surface area contributed by atoms with Crippen LogP contribution in [0.15, 0.2) is 29.4 Å². The average Bonchev–Trinajstić information content (AvgIpc) is 3.05. The number of para-hydroxylation sites is 1. The van der Waals surface area contributed by atoms with E-state index >= 15 is 0 Å². The van der Waals surface area contributed by atoms with Crippen LogP contribution in [-0.4, -0.2) is 37.4 Å². The lowest BCUT2D eigenvalue weighted by Gasteiger charge is -2.08. The Labute approximate surface area is 124 Å². The van der Waals surface area contributed by atoms with Gasteiger partial charge in [-0.05, 0) is 19.1 Å². The van der Waals surface area contributed by atoms with Crippen molar-refractivity contribution in [3.8, 4) is 0 Å². The van der Waals surface area contributed by atoms with E-state index in [2.05, 4.69) is 15.1 Å². The van der Waals surface area contributed by atoms with Crippen LogP contribution in [0.3, 0.4) is 0 Å². The van der Waals surface area contributed by atoms with Gasteiger partial charge in [0.15, 0.2) is 10.8 Å². The average molecular weight is 300 g/mol. The maximum Gasteiger partial charge on any atom is 0.319 e. The molecule has 1 unspecified atom stereocenters. The quantitative estimate of drug-likeness (QED) is 0.532. The van der Waals surface area contributed by atoms with Crippen molar-refractivity contribution in [2.75, 3.05) is 6.61 Å². The van der Waals surface area contributed by atoms with Crippen LogP contribution < -0.4 is 0 Å². The molecule has 0 bridgehead atoms. The first-order valence-electron chi connectivity index (χ1n) is 6.68. The van der Waals surface area contributed by atoms with Crippen molar-refractivity contribution in [1.29, 1.82) is 0 Å². The number of benzene rings is 1. The Bertz CT molecular complexity index is 861. The minimum absolute atomic E-state index is 0.181. The van der Waals surface area contributed by atoms with E-state index in [1.807, 2.05) is 31.2 Å². The molecule has 3 heterocycles. The number of hydrogen-bond acceptors (Lipinski definition) is 6. The van der Waals surface area contributed by atoms with E-state index in [4.69, 9.17) is 4.74 Å². The van der Waals surface area contributed by atoms with Crippen LogP contribution in [0.5, 0.6) is 0 Å². The Morgan fingerprint density at radius 1 is 1.33 bits per heavy atom. The molecule has 21 heavy (non-hydrogen) atoms. The van der Waals surface area contributed by atoms with E-state index in [-0.39, 0.29) is 11.2 Å². The van der Waals surface area contributed by atoms with Crippen LogP contribution in [0.4, 0.5) is 0 Å². The van der Waals surface area contributed by atoms with Crippen molar-refractivity contribution in [1.82, 2.24) is 19.6 Å². The fourth-order valence-corrected chi connectivity index (χ4v) is 3.43. The molecule has 1 atom stereocenters. The zero-order chi connectivity index (χ0) is 14.4. The lowest BCUT2D eigenvalue weighted by Crippen LogP contribution is -2.11. The summed E-state index contributed by atoms with van der Waals surface area (Å²) in [5.74, 6) is 0.504. The molecule has 0 N–H and O–H groups in total. The topological polar surface area (TPSA) is 69.4 Å². The van der Waals surface area contributed by atoms with Gasteiger partial charge in [-0.25, -0.2) is 9.97 Å². The summed E-state index contributed by atoms with van der Waals surface area (Å²) in [5, 5.41) is 5.81. The Balaban J connectivity index is 1.91. The number of carbonyl (C=O) groups is 1. The third-order valence-corrected chi connectivity index (χ3v) is 4.58. The maximum atomic E-state index is 11.7. The van der Waals surface area contributed by atoms with Gasteiger partial charge in [0.1, 0.15) is 11.1 Å². The first-order valence-corrected chi connectivity index (χ1v) is 7.56. The number of hydrogen-bond donors (Lipinski definition) is 0. The van der Waals surface area contributed by atoms with E-state index in [1.165, 1.54) is 11.8 Å². The molecular formula is C14H12N4O2S. The van der Waals surface area contributed by atoms with E-state index in [9.17, 15) is 4.79 Å². The molecule has 0 saturated carbocycles. The summed E-state index contributed by atoms with van der Waals surface area (Å²) >= 11 is 1.39. The predicted octanol–water partition coefficient (Wildman–Crippen LogP) is 1.99. The smallest absolute Gasteiger partial charge is 0.319 e. The monoisotopic (exact) mass is 300 g/mol. The molecular weight excluding hydrogens is 288 g/mol. The van der Waals surface area contributed by atoms with Gasteiger partial charge in [-0.1, -0.05) is 23.9 Å². The number of aryl methyl sites for hydroxylation is 1. The van der Waals surface area contributed by atoms with Crippen LogP contribution in [0.25, 0.3) is 16.6 Å². The van der Waals surface area contributed by atoms with Gasteiger partial charge in [0.2, 0.25) is 0 Å². The zero-order valence-electron chi connectivity index (χ0n) is 11.3. The molecule has 3 aromatic rings. The van der Waals surface area contributed by atoms with Crippen molar-refractivity contribution in [2.24, 2.45) is 0 Å². The molecule has 2 aromatic heterocycles. The summed E-state index contributed by atoms with van der Waals surface area (Å²) in [6, 6.07) is 7.81. The number of rotatable bonds is 2. The lowest BCUT2D eigenvalue weighted by atomic mass is 10.2. The van der Waals surface area contributed by atoms with Crippen LogP contribution in [0, 0.1) is 6.92 Å². The van der Waals surface area contributed by atoms with Gasteiger partial charge >= 0.3 is 5.97 Å². The van der Waals surface area contributed by atoms with Crippen molar-refractivity contribution in [3.63, 3.8) is 0 Å². The van der Waals surface area contributed by atoms with Gasteiger partial charge in [0, 0.05) is 11.8 Å². The number of ether oxygens (including phenoxy) is 1. The summed E-state index contributed by atoms with van der Waals surface area (Å²) in [6.07, 6.45) is 0.702. The standard InChI is InChI=1S/C14H12N4O2S/c1-8-15-12-9-4-2-3-5-10(9)16-14(18(12)17-8)21-11-6-7-20-13(11)19/h2-5,11H,6-7H2,1H3. The molecule has 6 nitrogen and oxygen atoms in total. The van der Waals surface area contributed by atoms with Crippen molar-refractivity contribution < 1.29 is 9.53 Å². The molecule has 1 saturated heterocycles. The third-order valence-electron chi connectivity index (χ3n) is 3.39. The molecule has 0 radical (unpaired) electrons. The maximum absolute atomic E-state index is 11.7. The predicted molar refractivity (Wildman–Crippen MR) is 78.2 cm³/mol. The fraction of sp³-hybridized carbons (Fsp3) is 0.286. The Kier molecular flexibility index (Phi) is 2.81. The number of esters is 1. The van der Waals surface area contributed by atoms with Gasteiger partial charge in [0.25, 0.3) is 0 Å². The number of nitrogens with zero attached hydrogens (tertiary/aromatic N) is 4. The van der Waals surface area contributed by atoms with Gasteiger partial charge < -0.3 is 4.74 Å². The van der Waals surface area contributed by atoms with Crippen LogP contribution in [0.2, 0.25) is 0 Å². The molecule has 0 amide bonds. The first kappa shape index (κ1) is 12.6. The van der Waals surface area contributed by atoms with Crippen molar-refractivity contribution in [3.05, 3.63) is 30.1 Å². The second kappa shape index (κ2) is 4.70. The SMILES string of the molecule is Cc1nc2c3ccccc3nc(SC3CCOC3=O)n2n1. The van der Waals surface area contributed by atoms with E-state index in [0.29, 0.717) is 24.0 Å². The number of cyclic esters (lactones) is 1. The van der Waals surface area contributed by atoms with E-state index < -0.39 is 0 Å². The summed E-state index contributed by atoms with van der Waals surface area (Å²) in [7, 11) is 0. The minimum Gasteiger partial charge on any atom is -0.465 e. The number of thioether (sulfide) groups is 1.